The molecule has 2 heterocycles. The van der Waals surface area contributed by atoms with Crippen LogP contribution in [0.2, 0.25) is 0 Å². The van der Waals surface area contributed by atoms with Crippen LogP contribution in [0.5, 0.6) is 0 Å². The molecule has 150 valence electrons. The van der Waals surface area contributed by atoms with Gasteiger partial charge in [0.05, 0.1) is 16.4 Å². The molecular weight excluding hydrogens is 370 g/mol. The molecule has 0 radical (unpaired) electrons. The molecule has 0 aliphatic carbocycles. The van der Waals surface area contributed by atoms with Crippen LogP contribution in [-0.2, 0) is 9.53 Å². The summed E-state index contributed by atoms with van der Waals surface area (Å²) in [6.45, 7) is 2.79. The number of fused-ring (bicyclic) bond motifs is 1. The van der Waals surface area contributed by atoms with Gasteiger partial charge in [-0.1, -0.05) is 18.2 Å². The monoisotopic (exact) mass is 393 g/mol. The van der Waals surface area contributed by atoms with Crippen LogP contribution in [0.3, 0.4) is 0 Å². The second-order valence-electron chi connectivity index (χ2n) is 7.41. The third-order valence-electron chi connectivity index (χ3n) is 5.59. The van der Waals surface area contributed by atoms with Gasteiger partial charge < -0.3 is 15.2 Å². The minimum absolute atomic E-state index is 0.0834. The van der Waals surface area contributed by atoms with Gasteiger partial charge in [-0.25, -0.2) is 4.98 Å². The Bertz CT molecular complexity index is 1050. The number of imidazole rings is 1. The lowest BCUT2D eigenvalue weighted by atomic mass is 9.80. The number of amides is 1. The minimum Gasteiger partial charge on any atom is -0.481 e. The molecule has 29 heavy (non-hydrogen) atoms. The lowest BCUT2D eigenvalue weighted by Crippen LogP contribution is -2.46. The van der Waals surface area contributed by atoms with Crippen LogP contribution in [-0.4, -0.2) is 46.3 Å². The highest BCUT2D eigenvalue weighted by Crippen LogP contribution is 2.30. The van der Waals surface area contributed by atoms with Gasteiger partial charge in [0.25, 0.3) is 5.91 Å². The Labute approximate surface area is 168 Å². The normalized spacial score (nSPS) is 15.9. The average molecular weight is 393 g/mol. The molecule has 1 aliphatic rings. The number of nitrogens with zero attached hydrogens (tertiary/aromatic N) is 2. The van der Waals surface area contributed by atoms with Gasteiger partial charge in [-0.15, -0.1) is 0 Å². The summed E-state index contributed by atoms with van der Waals surface area (Å²) in [6, 6.07) is 15.3. The summed E-state index contributed by atoms with van der Waals surface area (Å²) in [4.78, 5) is 29.0. The molecule has 4 rings (SSSR count). The molecule has 1 amide bonds. The maximum absolute atomic E-state index is 12.7. The van der Waals surface area contributed by atoms with Crippen LogP contribution < -0.4 is 5.32 Å². The van der Waals surface area contributed by atoms with Gasteiger partial charge in [0.2, 0.25) is 0 Å². The fraction of sp³-hybridized carbons (Fsp3) is 0.318. The van der Waals surface area contributed by atoms with E-state index in [4.69, 9.17) is 4.74 Å². The van der Waals surface area contributed by atoms with Gasteiger partial charge in [0.15, 0.2) is 0 Å². The number of carbonyl (C=O) groups excluding carboxylic acids is 1. The van der Waals surface area contributed by atoms with E-state index in [0.29, 0.717) is 31.6 Å². The van der Waals surface area contributed by atoms with Crippen molar-refractivity contribution < 1.29 is 19.4 Å². The number of aromatic nitrogens is 2. The zero-order chi connectivity index (χ0) is 20.4. The van der Waals surface area contributed by atoms with E-state index in [1.807, 2.05) is 47.9 Å². The molecule has 1 fully saturated rings. The van der Waals surface area contributed by atoms with Gasteiger partial charge in [0, 0.05) is 31.0 Å². The number of nitrogens with one attached hydrogen (secondary N) is 1. The van der Waals surface area contributed by atoms with E-state index in [9.17, 15) is 14.7 Å². The number of carbonyl (C=O) groups is 2. The number of hydrogen-bond donors (Lipinski definition) is 2. The lowest BCUT2D eigenvalue weighted by molar-refractivity contribution is -0.154. The average Bonchev–Trinajstić information content (AvgIpc) is 3.08. The summed E-state index contributed by atoms with van der Waals surface area (Å²) < 4.78 is 7.32. The third-order valence-corrected chi connectivity index (χ3v) is 5.59. The Morgan fingerprint density at radius 3 is 2.59 bits per heavy atom. The van der Waals surface area contributed by atoms with Crippen molar-refractivity contribution in [3.05, 3.63) is 59.9 Å². The summed E-state index contributed by atoms with van der Waals surface area (Å²) in [5.74, 6) is -0.365. The van der Waals surface area contributed by atoms with Crippen molar-refractivity contribution in [1.29, 1.82) is 0 Å². The zero-order valence-corrected chi connectivity index (χ0v) is 16.2. The topological polar surface area (TPSA) is 93.5 Å². The third kappa shape index (κ3) is 3.61. The molecule has 1 aliphatic heterocycles. The molecule has 2 aromatic carbocycles. The Morgan fingerprint density at radius 1 is 1.17 bits per heavy atom. The molecule has 7 heteroatoms. The van der Waals surface area contributed by atoms with Crippen LogP contribution >= 0.6 is 0 Å². The second-order valence-corrected chi connectivity index (χ2v) is 7.41. The van der Waals surface area contributed by atoms with E-state index in [2.05, 4.69) is 10.3 Å². The molecule has 0 saturated carbocycles. The van der Waals surface area contributed by atoms with Crippen molar-refractivity contribution in [2.45, 2.75) is 19.8 Å². The first-order valence-electron chi connectivity index (χ1n) is 9.64. The number of hydrogen-bond acceptors (Lipinski definition) is 4. The Kier molecular flexibility index (Phi) is 5.07. The maximum atomic E-state index is 12.7. The number of carboxylic acids is 1. The zero-order valence-electron chi connectivity index (χ0n) is 16.2. The van der Waals surface area contributed by atoms with Gasteiger partial charge in [-0.3, -0.25) is 14.2 Å². The van der Waals surface area contributed by atoms with E-state index in [1.54, 1.807) is 12.1 Å². The summed E-state index contributed by atoms with van der Waals surface area (Å²) in [7, 11) is 0. The number of benzene rings is 2. The van der Waals surface area contributed by atoms with Crippen molar-refractivity contribution in [3.8, 4) is 5.69 Å². The first-order chi connectivity index (χ1) is 14.0. The van der Waals surface area contributed by atoms with Gasteiger partial charge in [-0.2, -0.15) is 0 Å². The van der Waals surface area contributed by atoms with Gasteiger partial charge >= 0.3 is 5.97 Å². The molecule has 1 saturated heterocycles. The summed E-state index contributed by atoms with van der Waals surface area (Å²) in [5, 5.41) is 12.4. The molecule has 0 bridgehead atoms. The Morgan fingerprint density at radius 2 is 1.90 bits per heavy atom. The molecule has 7 nitrogen and oxygen atoms in total. The fourth-order valence-corrected chi connectivity index (χ4v) is 3.82. The van der Waals surface area contributed by atoms with E-state index in [0.717, 1.165) is 22.5 Å². The quantitative estimate of drug-likeness (QED) is 0.695. The lowest BCUT2D eigenvalue weighted by Gasteiger charge is -2.33. The van der Waals surface area contributed by atoms with E-state index < -0.39 is 11.4 Å². The van der Waals surface area contributed by atoms with E-state index >= 15 is 0 Å². The Hall–Kier alpha value is -3.19. The second kappa shape index (κ2) is 7.67. The van der Waals surface area contributed by atoms with Crippen LogP contribution in [0, 0.1) is 12.3 Å². The summed E-state index contributed by atoms with van der Waals surface area (Å²) >= 11 is 0. The highest BCUT2D eigenvalue weighted by molar-refractivity contribution is 5.98. The number of ether oxygens (including phenoxy) is 1. The van der Waals surface area contributed by atoms with E-state index in [-0.39, 0.29) is 12.5 Å². The highest BCUT2D eigenvalue weighted by Gasteiger charge is 2.40. The summed E-state index contributed by atoms with van der Waals surface area (Å²) in [5.41, 5.74) is 2.13. The van der Waals surface area contributed by atoms with Crippen molar-refractivity contribution >= 4 is 22.9 Å². The predicted molar refractivity (Wildman–Crippen MR) is 108 cm³/mol. The predicted octanol–water partition coefficient (Wildman–Crippen LogP) is 2.95. The first kappa shape index (κ1) is 19.1. The fourth-order valence-electron chi connectivity index (χ4n) is 3.82. The summed E-state index contributed by atoms with van der Waals surface area (Å²) in [6.07, 6.45) is 0.782. The van der Waals surface area contributed by atoms with Crippen molar-refractivity contribution in [2.24, 2.45) is 5.41 Å². The minimum atomic E-state index is -0.969. The van der Waals surface area contributed by atoms with Gasteiger partial charge in [0.1, 0.15) is 5.82 Å². The molecule has 2 N–H and O–H groups in total. The van der Waals surface area contributed by atoms with Crippen molar-refractivity contribution in [3.63, 3.8) is 0 Å². The van der Waals surface area contributed by atoms with E-state index in [1.165, 1.54) is 0 Å². The van der Waals surface area contributed by atoms with Crippen LogP contribution in [0.25, 0.3) is 16.7 Å². The largest absolute Gasteiger partial charge is 0.481 e. The highest BCUT2D eigenvalue weighted by atomic mass is 16.5. The van der Waals surface area contributed by atoms with Crippen molar-refractivity contribution in [1.82, 2.24) is 14.9 Å². The smallest absolute Gasteiger partial charge is 0.311 e. The number of aryl methyl sites for hydroxylation is 1. The van der Waals surface area contributed by atoms with Crippen LogP contribution in [0.15, 0.2) is 48.5 Å². The Balaban J connectivity index is 1.57. The number of aliphatic carboxylic acids is 1. The van der Waals surface area contributed by atoms with Crippen LogP contribution in [0.1, 0.15) is 29.0 Å². The first-order valence-corrected chi connectivity index (χ1v) is 9.64. The van der Waals surface area contributed by atoms with Crippen molar-refractivity contribution in [2.75, 3.05) is 19.8 Å². The number of carboxylic acid groups (broad SMARTS) is 1. The molecule has 3 aromatic rings. The molecule has 0 unspecified atom stereocenters. The molecule has 0 atom stereocenters. The molecule has 0 spiro atoms. The van der Waals surface area contributed by atoms with Crippen LogP contribution in [0.4, 0.5) is 0 Å². The van der Waals surface area contributed by atoms with Gasteiger partial charge in [-0.05, 0) is 50.1 Å². The number of para-hydroxylation sites is 1. The number of rotatable bonds is 5. The SMILES string of the molecule is Cc1nc2cc(C(=O)NCC3(C(=O)O)CCOCC3)ccc2n1-c1ccccc1. The molecule has 1 aromatic heterocycles. The standard InChI is InChI=1S/C22H23N3O4/c1-15-24-18-13-16(7-8-19(18)25(15)17-5-3-2-4-6-17)20(26)23-14-22(21(27)28)9-11-29-12-10-22/h2-8,13H,9-12,14H2,1H3,(H,23,26)(H,27,28). The molecular formula is C22H23N3O4. The maximum Gasteiger partial charge on any atom is 0.311 e.